The summed E-state index contributed by atoms with van der Waals surface area (Å²) in [5, 5.41) is 2.80. The standard InChI is InChI=1S/C23H22ClN3O4S/c1-15-5-4-6-18(13-15)26-32(30,31)20-11-12-22(24)21(14-20)23(29)25-17-7-9-19(10-8-17)27(3)16(2)28/h4-14,26H,1-3H3,(H,25,29). The molecule has 0 bridgehead atoms. The van der Waals surface area contributed by atoms with Gasteiger partial charge in [0.15, 0.2) is 0 Å². The Balaban J connectivity index is 1.82. The number of nitrogens with one attached hydrogen (secondary N) is 2. The minimum atomic E-state index is -3.93. The SMILES string of the molecule is CC(=O)N(C)c1ccc(NC(=O)c2cc(S(=O)(=O)Nc3cccc(C)c3)ccc2Cl)cc1. The third-order valence-corrected chi connectivity index (χ3v) is 6.46. The molecule has 166 valence electrons. The van der Waals surface area contributed by atoms with Crippen molar-refractivity contribution in [3.8, 4) is 0 Å². The molecule has 0 heterocycles. The molecule has 0 fully saturated rings. The fraction of sp³-hybridized carbons (Fsp3) is 0.130. The summed E-state index contributed by atoms with van der Waals surface area (Å²) in [4.78, 5) is 25.6. The van der Waals surface area contributed by atoms with Gasteiger partial charge in [-0.25, -0.2) is 8.42 Å². The lowest BCUT2D eigenvalue weighted by Gasteiger charge is -2.15. The van der Waals surface area contributed by atoms with Gasteiger partial charge in [0.1, 0.15) is 0 Å². The molecule has 0 aliphatic heterocycles. The van der Waals surface area contributed by atoms with E-state index in [1.165, 1.54) is 30.0 Å². The second kappa shape index (κ2) is 9.42. The monoisotopic (exact) mass is 471 g/mol. The minimum absolute atomic E-state index is 0.0173. The summed E-state index contributed by atoms with van der Waals surface area (Å²) in [6.07, 6.45) is 0. The zero-order valence-corrected chi connectivity index (χ0v) is 19.3. The van der Waals surface area contributed by atoms with E-state index in [9.17, 15) is 18.0 Å². The summed E-state index contributed by atoms with van der Waals surface area (Å²) in [5.41, 5.74) is 2.48. The summed E-state index contributed by atoms with van der Waals surface area (Å²) >= 11 is 6.17. The fourth-order valence-corrected chi connectivity index (χ4v) is 4.20. The lowest BCUT2D eigenvalue weighted by Crippen LogP contribution is -2.22. The maximum Gasteiger partial charge on any atom is 0.261 e. The Morgan fingerprint density at radius 1 is 0.938 bits per heavy atom. The van der Waals surface area contributed by atoms with E-state index in [1.807, 2.05) is 13.0 Å². The second-order valence-corrected chi connectivity index (χ2v) is 9.29. The quantitative estimate of drug-likeness (QED) is 0.545. The first-order valence-corrected chi connectivity index (χ1v) is 11.5. The molecule has 32 heavy (non-hydrogen) atoms. The van der Waals surface area contributed by atoms with Crippen molar-refractivity contribution in [3.05, 3.63) is 82.9 Å². The van der Waals surface area contributed by atoms with Gasteiger partial charge in [0.2, 0.25) is 5.91 Å². The number of carbonyl (C=O) groups excluding carboxylic acids is 2. The molecule has 0 spiro atoms. The van der Waals surface area contributed by atoms with Crippen molar-refractivity contribution in [3.63, 3.8) is 0 Å². The van der Waals surface area contributed by atoms with Gasteiger partial charge in [0, 0.05) is 31.0 Å². The molecular formula is C23H22ClN3O4S. The van der Waals surface area contributed by atoms with Crippen LogP contribution in [-0.2, 0) is 14.8 Å². The van der Waals surface area contributed by atoms with Gasteiger partial charge in [-0.2, -0.15) is 0 Å². The molecule has 9 heteroatoms. The molecule has 0 aliphatic carbocycles. The van der Waals surface area contributed by atoms with Crippen LogP contribution in [-0.4, -0.2) is 27.3 Å². The smallest absolute Gasteiger partial charge is 0.261 e. The van der Waals surface area contributed by atoms with E-state index in [-0.39, 0.29) is 21.4 Å². The highest BCUT2D eigenvalue weighted by Gasteiger charge is 2.19. The zero-order chi connectivity index (χ0) is 23.5. The zero-order valence-electron chi connectivity index (χ0n) is 17.7. The average molecular weight is 472 g/mol. The molecule has 7 nitrogen and oxygen atoms in total. The van der Waals surface area contributed by atoms with Crippen molar-refractivity contribution in [1.29, 1.82) is 0 Å². The number of nitrogens with zero attached hydrogens (tertiary/aromatic N) is 1. The number of hydrogen-bond donors (Lipinski definition) is 2. The van der Waals surface area contributed by atoms with Crippen LogP contribution in [0.1, 0.15) is 22.8 Å². The number of halogens is 1. The fourth-order valence-electron chi connectivity index (χ4n) is 2.92. The molecule has 3 aromatic rings. The van der Waals surface area contributed by atoms with Crippen molar-refractivity contribution in [2.45, 2.75) is 18.7 Å². The van der Waals surface area contributed by atoms with Gasteiger partial charge in [0.05, 0.1) is 15.5 Å². The Labute approximate surface area is 192 Å². The van der Waals surface area contributed by atoms with Crippen LogP contribution in [0.2, 0.25) is 5.02 Å². The molecule has 0 unspecified atom stereocenters. The van der Waals surface area contributed by atoms with Gasteiger partial charge < -0.3 is 10.2 Å². The van der Waals surface area contributed by atoms with Gasteiger partial charge in [0.25, 0.3) is 15.9 Å². The van der Waals surface area contributed by atoms with Crippen molar-refractivity contribution in [2.24, 2.45) is 0 Å². The predicted molar refractivity (Wildman–Crippen MR) is 127 cm³/mol. The van der Waals surface area contributed by atoms with Gasteiger partial charge in [-0.15, -0.1) is 0 Å². The number of amides is 2. The van der Waals surface area contributed by atoms with Crippen LogP contribution in [0.4, 0.5) is 17.1 Å². The van der Waals surface area contributed by atoms with Crippen molar-refractivity contribution in [2.75, 3.05) is 22.0 Å². The summed E-state index contributed by atoms with van der Waals surface area (Å²) < 4.78 is 28.1. The summed E-state index contributed by atoms with van der Waals surface area (Å²) in [6.45, 7) is 3.31. The van der Waals surface area contributed by atoms with Crippen LogP contribution in [0.3, 0.4) is 0 Å². The van der Waals surface area contributed by atoms with E-state index >= 15 is 0 Å². The van der Waals surface area contributed by atoms with E-state index in [0.717, 1.165) is 5.56 Å². The number of carbonyl (C=O) groups is 2. The highest BCUT2D eigenvalue weighted by molar-refractivity contribution is 7.92. The molecule has 0 radical (unpaired) electrons. The first-order valence-electron chi connectivity index (χ1n) is 9.61. The van der Waals surface area contributed by atoms with Crippen LogP contribution < -0.4 is 14.9 Å². The molecule has 0 atom stereocenters. The second-order valence-electron chi connectivity index (χ2n) is 7.20. The summed E-state index contributed by atoms with van der Waals surface area (Å²) in [5.74, 6) is -0.679. The number of hydrogen-bond acceptors (Lipinski definition) is 4. The molecule has 0 aromatic heterocycles. The molecule has 3 rings (SSSR count). The summed E-state index contributed by atoms with van der Waals surface area (Å²) in [6, 6.07) is 17.5. The number of aryl methyl sites for hydroxylation is 1. The van der Waals surface area contributed by atoms with Crippen LogP contribution in [0.5, 0.6) is 0 Å². The van der Waals surface area contributed by atoms with Crippen molar-refractivity contribution < 1.29 is 18.0 Å². The lowest BCUT2D eigenvalue weighted by atomic mass is 10.2. The highest BCUT2D eigenvalue weighted by atomic mass is 35.5. The first-order chi connectivity index (χ1) is 15.1. The third kappa shape index (κ3) is 5.46. The molecule has 2 N–H and O–H groups in total. The largest absolute Gasteiger partial charge is 0.322 e. The Morgan fingerprint density at radius 2 is 1.62 bits per heavy atom. The van der Waals surface area contributed by atoms with E-state index in [0.29, 0.717) is 17.1 Å². The Hall–Kier alpha value is -3.36. The number of rotatable bonds is 6. The molecule has 0 aliphatic rings. The highest BCUT2D eigenvalue weighted by Crippen LogP contribution is 2.24. The van der Waals surface area contributed by atoms with E-state index in [1.54, 1.807) is 49.5 Å². The predicted octanol–water partition coefficient (Wildman–Crippen LogP) is 4.68. The van der Waals surface area contributed by atoms with Gasteiger partial charge in [-0.1, -0.05) is 23.7 Å². The summed E-state index contributed by atoms with van der Waals surface area (Å²) in [7, 11) is -2.28. The molecule has 0 saturated carbocycles. The number of anilines is 3. The average Bonchev–Trinajstić information content (AvgIpc) is 2.73. The molecule has 2 amide bonds. The van der Waals surface area contributed by atoms with Crippen LogP contribution in [0.15, 0.2) is 71.6 Å². The van der Waals surface area contributed by atoms with Crippen LogP contribution in [0, 0.1) is 6.92 Å². The first kappa shape index (κ1) is 23.3. The third-order valence-electron chi connectivity index (χ3n) is 4.75. The van der Waals surface area contributed by atoms with Gasteiger partial charge in [-0.05, 0) is 67.1 Å². The van der Waals surface area contributed by atoms with Gasteiger partial charge in [-0.3, -0.25) is 14.3 Å². The Bertz CT molecular complexity index is 1270. The molecular weight excluding hydrogens is 450 g/mol. The van der Waals surface area contributed by atoms with E-state index in [2.05, 4.69) is 10.0 Å². The van der Waals surface area contributed by atoms with E-state index in [4.69, 9.17) is 11.6 Å². The maximum absolute atomic E-state index is 12.8. The minimum Gasteiger partial charge on any atom is -0.322 e. The maximum atomic E-state index is 12.8. The number of sulfonamides is 1. The Kier molecular flexibility index (Phi) is 6.86. The lowest BCUT2D eigenvalue weighted by molar-refractivity contribution is -0.116. The molecule has 3 aromatic carbocycles. The van der Waals surface area contributed by atoms with E-state index < -0.39 is 15.9 Å². The topological polar surface area (TPSA) is 95.6 Å². The van der Waals surface area contributed by atoms with Crippen molar-refractivity contribution >= 4 is 50.5 Å². The molecule has 0 saturated heterocycles. The van der Waals surface area contributed by atoms with Gasteiger partial charge >= 0.3 is 0 Å². The number of benzene rings is 3. The van der Waals surface area contributed by atoms with Crippen molar-refractivity contribution in [1.82, 2.24) is 0 Å². The van der Waals surface area contributed by atoms with Crippen LogP contribution in [0.25, 0.3) is 0 Å². The Morgan fingerprint density at radius 3 is 2.25 bits per heavy atom. The van der Waals surface area contributed by atoms with Crippen LogP contribution >= 0.6 is 11.6 Å². The normalized spacial score (nSPS) is 11.0.